The molecule has 1 saturated heterocycles. The van der Waals surface area contributed by atoms with Crippen molar-refractivity contribution in [1.82, 2.24) is 5.32 Å². The van der Waals surface area contributed by atoms with Crippen LogP contribution in [0, 0.1) is 0 Å². The lowest BCUT2D eigenvalue weighted by atomic mass is 10.0. The van der Waals surface area contributed by atoms with Crippen molar-refractivity contribution in [3.05, 3.63) is 59.7 Å². The zero-order valence-corrected chi connectivity index (χ0v) is 18.0. The predicted molar refractivity (Wildman–Crippen MR) is 116 cm³/mol. The first kappa shape index (κ1) is 21.1. The van der Waals surface area contributed by atoms with Gasteiger partial charge in [0.25, 0.3) is 5.91 Å². The molecule has 0 saturated carbocycles. The summed E-state index contributed by atoms with van der Waals surface area (Å²) in [5.74, 6) is 0.714. The Balaban J connectivity index is 1.72. The molecule has 0 spiro atoms. The van der Waals surface area contributed by atoms with Gasteiger partial charge < -0.3 is 24.8 Å². The van der Waals surface area contributed by atoms with Gasteiger partial charge in [0.2, 0.25) is 0 Å². The first-order valence-electron chi connectivity index (χ1n) is 10.3. The molecule has 0 bridgehead atoms. The highest BCUT2D eigenvalue weighted by Gasteiger charge is 2.29. The molecule has 1 fully saturated rings. The quantitative estimate of drug-likeness (QED) is 0.597. The third-order valence-electron chi connectivity index (χ3n) is 5.87. The van der Waals surface area contributed by atoms with Crippen LogP contribution in [0.25, 0.3) is 0 Å². The number of piperazine rings is 1. The van der Waals surface area contributed by atoms with Gasteiger partial charge in [-0.05, 0) is 36.4 Å². The van der Waals surface area contributed by atoms with Crippen LogP contribution in [0.2, 0.25) is 0 Å². The predicted octanol–water partition coefficient (Wildman–Crippen LogP) is -0.354. The van der Waals surface area contributed by atoms with Crippen molar-refractivity contribution in [3.8, 4) is 5.75 Å². The van der Waals surface area contributed by atoms with Gasteiger partial charge in [0.1, 0.15) is 38.0 Å². The average molecular weight is 399 g/mol. The van der Waals surface area contributed by atoms with Crippen molar-refractivity contribution in [1.29, 1.82) is 0 Å². The molecule has 3 rings (SSSR count). The van der Waals surface area contributed by atoms with Crippen molar-refractivity contribution in [2.45, 2.75) is 6.04 Å². The zero-order chi connectivity index (χ0) is 20.8. The Morgan fingerprint density at radius 1 is 1.03 bits per heavy atom. The number of quaternary nitrogens is 2. The summed E-state index contributed by atoms with van der Waals surface area (Å²) in [5.41, 5.74) is 3.12. The summed E-state index contributed by atoms with van der Waals surface area (Å²) in [5, 5.41) is 3.16. The van der Waals surface area contributed by atoms with E-state index in [0.717, 1.165) is 31.9 Å². The second-order valence-electron chi connectivity index (χ2n) is 8.09. The summed E-state index contributed by atoms with van der Waals surface area (Å²) < 4.78 is 5.18. The second kappa shape index (κ2) is 9.76. The van der Waals surface area contributed by atoms with E-state index in [9.17, 15) is 4.79 Å². The van der Waals surface area contributed by atoms with E-state index in [1.54, 1.807) is 29.0 Å². The summed E-state index contributed by atoms with van der Waals surface area (Å²) >= 11 is 0. The van der Waals surface area contributed by atoms with E-state index in [1.165, 1.54) is 11.3 Å². The number of likely N-dealkylation sites (N-methyl/N-ethyl adjacent to an activating group) is 1. The van der Waals surface area contributed by atoms with E-state index < -0.39 is 0 Å². The van der Waals surface area contributed by atoms with E-state index in [4.69, 9.17) is 4.74 Å². The number of hydrogen-bond acceptors (Lipinski definition) is 3. The number of benzene rings is 2. The van der Waals surface area contributed by atoms with Crippen LogP contribution in [0.4, 0.5) is 5.69 Å². The molecule has 0 unspecified atom stereocenters. The van der Waals surface area contributed by atoms with Gasteiger partial charge >= 0.3 is 0 Å². The van der Waals surface area contributed by atoms with Crippen LogP contribution in [0.5, 0.6) is 5.75 Å². The monoisotopic (exact) mass is 398 g/mol. The van der Waals surface area contributed by atoms with Gasteiger partial charge in [-0.3, -0.25) is 4.79 Å². The van der Waals surface area contributed by atoms with E-state index in [0.29, 0.717) is 12.1 Å². The minimum absolute atomic E-state index is 0.0401. The number of nitrogens with zero attached hydrogens (tertiary/aromatic N) is 1. The fourth-order valence-electron chi connectivity index (χ4n) is 3.89. The fourth-order valence-corrected chi connectivity index (χ4v) is 3.89. The molecule has 3 N–H and O–H groups in total. The van der Waals surface area contributed by atoms with Gasteiger partial charge in [0.05, 0.1) is 20.7 Å². The highest BCUT2D eigenvalue weighted by atomic mass is 16.5. The maximum Gasteiger partial charge on any atom is 0.251 e. The number of nitrogens with one attached hydrogen (secondary N) is 3. The molecular weight excluding hydrogens is 364 g/mol. The number of methoxy groups -OCH3 is 1. The zero-order valence-electron chi connectivity index (χ0n) is 18.0. The van der Waals surface area contributed by atoms with Crippen LogP contribution in [-0.4, -0.2) is 66.9 Å². The van der Waals surface area contributed by atoms with Crippen molar-refractivity contribution in [3.63, 3.8) is 0 Å². The van der Waals surface area contributed by atoms with Crippen LogP contribution in [-0.2, 0) is 0 Å². The SMILES string of the molecule is COc1ccc(C(=O)NC[C@H](c2ccc(N(C)C)cc2)[NH+]2CC[NH+](C)CC2)cc1. The summed E-state index contributed by atoms with van der Waals surface area (Å²) in [6.07, 6.45) is 0. The molecule has 156 valence electrons. The Morgan fingerprint density at radius 2 is 1.66 bits per heavy atom. The normalized spacial score (nSPS) is 20.0. The highest BCUT2D eigenvalue weighted by molar-refractivity contribution is 5.94. The van der Waals surface area contributed by atoms with Gasteiger partial charge in [0, 0.05) is 30.9 Å². The number of ether oxygens (including phenoxy) is 1. The number of amides is 1. The number of rotatable bonds is 7. The average Bonchev–Trinajstić information content (AvgIpc) is 2.75. The topological polar surface area (TPSA) is 50.4 Å². The highest BCUT2D eigenvalue weighted by Crippen LogP contribution is 2.17. The lowest BCUT2D eigenvalue weighted by molar-refractivity contribution is -1.02. The van der Waals surface area contributed by atoms with Crippen molar-refractivity contribution in [2.75, 3.05) is 65.9 Å². The van der Waals surface area contributed by atoms with Gasteiger partial charge in [0.15, 0.2) is 0 Å². The molecule has 6 nitrogen and oxygen atoms in total. The Morgan fingerprint density at radius 3 is 2.21 bits per heavy atom. The Kier molecular flexibility index (Phi) is 7.12. The first-order chi connectivity index (χ1) is 14.0. The Hall–Kier alpha value is -2.57. The molecule has 1 atom stereocenters. The largest absolute Gasteiger partial charge is 0.497 e. The van der Waals surface area contributed by atoms with Crippen LogP contribution >= 0.6 is 0 Å². The third-order valence-corrected chi connectivity index (χ3v) is 5.87. The number of hydrogen-bond donors (Lipinski definition) is 3. The molecule has 2 aromatic rings. The Labute approximate surface area is 174 Å². The minimum Gasteiger partial charge on any atom is -0.497 e. The summed E-state index contributed by atoms with van der Waals surface area (Å²) in [6.45, 7) is 5.18. The number of carbonyl (C=O) groups excluding carboxylic acids is 1. The van der Waals surface area contributed by atoms with E-state index in [2.05, 4.69) is 55.6 Å². The van der Waals surface area contributed by atoms with Crippen molar-refractivity contribution in [2.24, 2.45) is 0 Å². The fraction of sp³-hybridized carbons (Fsp3) is 0.435. The van der Waals surface area contributed by atoms with Gasteiger partial charge in [-0.15, -0.1) is 0 Å². The lowest BCUT2D eigenvalue weighted by Crippen LogP contribution is -3.27. The van der Waals surface area contributed by atoms with Gasteiger partial charge in [-0.25, -0.2) is 0 Å². The maximum absolute atomic E-state index is 12.7. The van der Waals surface area contributed by atoms with Crippen LogP contribution < -0.4 is 24.8 Å². The molecule has 6 heteroatoms. The maximum atomic E-state index is 12.7. The molecule has 2 aromatic carbocycles. The lowest BCUT2D eigenvalue weighted by Gasteiger charge is -2.33. The molecule has 29 heavy (non-hydrogen) atoms. The standard InChI is InChI=1S/C23H32N4O2/c1-25(2)20-9-5-18(6-10-20)22(27-15-13-26(3)14-16-27)17-24-23(28)19-7-11-21(29-4)12-8-19/h5-12,22H,13-17H2,1-4H3,(H,24,28)/p+2/t22-/m1/s1. The summed E-state index contributed by atoms with van der Waals surface area (Å²) in [6, 6.07) is 16.2. The van der Waals surface area contributed by atoms with E-state index in [1.807, 2.05) is 12.1 Å². The molecular formula is C23H34N4O2+2. The molecule has 1 heterocycles. The molecule has 1 aliphatic heterocycles. The van der Waals surface area contributed by atoms with Crippen LogP contribution in [0.15, 0.2) is 48.5 Å². The molecule has 1 aliphatic rings. The Bertz CT molecular complexity index is 782. The minimum atomic E-state index is -0.0401. The molecule has 0 radical (unpaired) electrons. The number of anilines is 1. The van der Waals surface area contributed by atoms with E-state index >= 15 is 0 Å². The number of carbonyl (C=O) groups is 1. The van der Waals surface area contributed by atoms with Gasteiger partial charge in [-0.2, -0.15) is 0 Å². The smallest absolute Gasteiger partial charge is 0.251 e. The van der Waals surface area contributed by atoms with Crippen molar-refractivity contribution >= 4 is 11.6 Å². The van der Waals surface area contributed by atoms with Crippen LogP contribution in [0.1, 0.15) is 22.0 Å². The summed E-state index contributed by atoms with van der Waals surface area (Å²) in [7, 11) is 7.98. The third kappa shape index (κ3) is 5.49. The summed E-state index contributed by atoms with van der Waals surface area (Å²) in [4.78, 5) is 17.9. The van der Waals surface area contributed by atoms with Crippen molar-refractivity contribution < 1.29 is 19.3 Å². The molecule has 1 amide bonds. The van der Waals surface area contributed by atoms with Crippen LogP contribution in [0.3, 0.4) is 0 Å². The van der Waals surface area contributed by atoms with E-state index in [-0.39, 0.29) is 11.9 Å². The second-order valence-corrected chi connectivity index (χ2v) is 8.09. The molecule has 0 aliphatic carbocycles. The van der Waals surface area contributed by atoms with Gasteiger partial charge in [-0.1, -0.05) is 12.1 Å². The molecule has 0 aromatic heterocycles. The first-order valence-corrected chi connectivity index (χ1v) is 10.3.